The number of allylic oxidation sites excluding steroid dienone is 1. The molecule has 0 fully saturated rings. The second-order valence-electron chi connectivity index (χ2n) is 20.6. The number of rotatable bonds is 15. The number of carbonyl (C=O) groups is 2. The molecule has 6 aromatic carbocycles. The van der Waals surface area contributed by atoms with Crippen molar-refractivity contribution in [2.24, 2.45) is 23.9 Å². The van der Waals surface area contributed by atoms with Crippen molar-refractivity contribution in [2.75, 3.05) is 20.8 Å². The zero-order chi connectivity index (χ0) is 66.5. The fourth-order valence-electron chi connectivity index (χ4n) is 9.81. The van der Waals surface area contributed by atoms with Crippen LogP contribution in [-0.4, -0.2) is 80.9 Å². The van der Waals surface area contributed by atoms with Gasteiger partial charge in [-0.05, 0) is 210 Å². The number of methoxy groups -OCH3 is 2. The summed E-state index contributed by atoms with van der Waals surface area (Å²) in [6.45, 7) is 12.0. The Morgan fingerprint density at radius 3 is 1.16 bits per heavy atom. The Balaban J connectivity index is 0.000000193. The average Bonchev–Trinajstić information content (AvgIpc) is 1.55. The van der Waals surface area contributed by atoms with Crippen molar-refractivity contribution < 1.29 is 58.6 Å². The lowest BCUT2D eigenvalue weighted by Gasteiger charge is -2.30. The van der Waals surface area contributed by atoms with Gasteiger partial charge < -0.3 is 20.5 Å². The van der Waals surface area contributed by atoms with Crippen LogP contribution in [0.4, 0.5) is 39.5 Å². The molecule has 3 unspecified atom stereocenters. The van der Waals surface area contributed by atoms with E-state index in [-0.39, 0.29) is 71.1 Å². The van der Waals surface area contributed by atoms with Gasteiger partial charge in [0.15, 0.2) is 14.2 Å². The highest BCUT2D eigenvalue weighted by atomic mass is 35.5. The molecule has 0 bridgehead atoms. The van der Waals surface area contributed by atoms with E-state index in [0.717, 1.165) is 16.7 Å². The molecule has 0 radical (unpaired) electrons. The Labute approximate surface area is 556 Å². The number of nitrogens with zero attached hydrogens (tertiary/aromatic N) is 4. The van der Waals surface area contributed by atoms with Crippen LogP contribution in [0, 0.1) is 20.8 Å². The molecule has 3 heterocycles. The van der Waals surface area contributed by atoms with Crippen molar-refractivity contribution in [1.29, 1.82) is 0 Å². The number of carbonyl (C=O) groups excluding carboxylic acids is 2. The highest BCUT2D eigenvalue weighted by molar-refractivity contribution is 8.00. The summed E-state index contributed by atoms with van der Waals surface area (Å²) < 4.78 is 143. The van der Waals surface area contributed by atoms with Gasteiger partial charge in [-0.2, -0.15) is 39.5 Å². The highest BCUT2D eigenvalue weighted by Gasteiger charge is 2.62. The zero-order valence-corrected chi connectivity index (χ0v) is 55.2. The summed E-state index contributed by atoms with van der Waals surface area (Å²) in [7, 11) is 2.75. The van der Waals surface area contributed by atoms with Gasteiger partial charge in [-0.3, -0.25) is 14.6 Å². The maximum absolute atomic E-state index is 14.2. The fraction of sp³-hybridized carbons (Fsp3) is 0.290. The number of halogens is 15. The Morgan fingerprint density at radius 1 is 0.567 bits per heavy atom. The van der Waals surface area contributed by atoms with E-state index >= 15 is 0 Å². The molecule has 10 nitrogen and oxygen atoms in total. The minimum Gasteiger partial charge on any atom is -0.366 e. The summed E-state index contributed by atoms with van der Waals surface area (Å²) in [6.07, 6.45) is -13.3. The maximum Gasteiger partial charge on any atom is 0.409 e. The monoisotopic (exact) mass is 1420 g/mol. The van der Waals surface area contributed by atoms with Crippen LogP contribution in [0.5, 0.6) is 0 Å². The zero-order valence-electron chi connectivity index (χ0n) is 48.2. The van der Waals surface area contributed by atoms with Crippen molar-refractivity contribution in [3.8, 4) is 0 Å². The van der Waals surface area contributed by atoms with E-state index in [1.165, 1.54) is 80.9 Å². The molecule has 0 saturated carbocycles. The van der Waals surface area contributed by atoms with Gasteiger partial charge in [-0.1, -0.05) is 100 Å². The molecule has 9 rings (SSSR count). The number of primary amides is 1. The van der Waals surface area contributed by atoms with Crippen LogP contribution in [0.2, 0.25) is 30.1 Å². The van der Waals surface area contributed by atoms with Gasteiger partial charge in [-0.25, -0.2) is 13.2 Å². The Hall–Kier alpha value is -5.24. The van der Waals surface area contributed by atoms with E-state index in [4.69, 9.17) is 84.8 Å². The van der Waals surface area contributed by atoms with Crippen molar-refractivity contribution >= 4 is 146 Å². The summed E-state index contributed by atoms with van der Waals surface area (Å²) in [5.74, 6) is -1.04. The third-order valence-electron chi connectivity index (χ3n) is 14.4. The van der Waals surface area contributed by atoms with Gasteiger partial charge in [0.25, 0.3) is 5.91 Å². The highest BCUT2D eigenvalue weighted by Crippen LogP contribution is 2.60. The largest absolute Gasteiger partial charge is 0.409 e. The quantitative estimate of drug-likeness (QED) is 0.0451. The molecular weight excluding hydrogens is 1370 g/mol. The molecule has 3 N–H and O–H groups in total. The fourth-order valence-corrected chi connectivity index (χ4v) is 14.3. The molecule has 90 heavy (non-hydrogen) atoms. The van der Waals surface area contributed by atoms with E-state index in [2.05, 4.69) is 30.1 Å². The minimum absolute atomic E-state index is 0.00168. The lowest BCUT2D eigenvalue weighted by atomic mass is 9.88. The summed E-state index contributed by atoms with van der Waals surface area (Å²) in [6, 6.07) is 26.7. The molecule has 0 aromatic heterocycles. The van der Waals surface area contributed by atoms with Gasteiger partial charge in [-0.15, -0.1) is 0 Å². The maximum atomic E-state index is 14.2. The number of aliphatic imine (C=N–C) groups is 1. The van der Waals surface area contributed by atoms with Crippen molar-refractivity contribution in [1.82, 2.24) is 5.32 Å². The van der Waals surface area contributed by atoms with Crippen LogP contribution in [0.25, 0.3) is 5.57 Å². The van der Waals surface area contributed by atoms with Crippen LogP contribution < -0.4 is 11.1 Å². The first-order valence-electron chi connectivity index (χ1n) is 26.6. The molecule has 0 aliphatic carbocycles. The van der Waals surface area contributed by atoms with Crippen LogP contribution in [-0.2, 0) is 23.7 Å². The number of alkyl halides is 9. The van der Waals surface area contributed by atoms with E-state index in [1.54, 1.807) is 44.2 Å². The Kier molecular flexibility index (Phi) is 23.6. The molecule has 3 aliphatic rings. The van der Waals surface area contributed by atoms with Crippen molar-refractivity contribution in [3.05, 3.63) is 213 Å². The van der Waals surface area contributed by atoms with Gasteiger partial charge in [0.2, 0.25) is 12.3 Å². The number of nitrogens with two attached hydrogens (primary N) is 1. The number of amides is 2. The van der Waals surface area contributed by atoms with Gasteiger partial charge in [0, 0.05) is 93.9 Å². The number of ether oxygens (including phenoxy) is 2. The Morgan fingerprint density at radius 2 is 0.878 bits per heavy atom. The van der Waals surface area contributed by atoms with Crippen LogP contribution >= 0.6 is 105 Å². The predicted octanol–water partition coefficient (Wildman–Crippen LogP) is 19.7. The molecule has 0 saturated heterocycles. The molecule has 0 spiro atoms. The van der Waals surface area contributed by atoms with E-state index in [0.29, 0.717) is 93.5 Å². The third kappa shape index (κ3) is 16.2. The second-order valence-corrected chi connectivity index (χ2v) is 26.4. The lowest BCUT2D eigenvalue weighted by Crippen LogP contribution is -2.38. The second kappa shape index (κ2) is 29.4. The summed E-state index contributed by atoms with van der Waals surface area (Å²) in [5, 5.41) is 3.32. The minimum atomic E-state index is -4.61. The molecule has 3 aliphatic heterocycles. The first-order valence-corrected chi connectivity index (χ1v) is 31.2. The normalized spacial score (nSPS) is 19.2. The Bertz CT molecular complexity index is 3810. The summed E-state index contributed by atoms with van der Waals surface area (Å²) >= 11 is 37.1. The van der Waals surface area contributed by atoms with Gasteiger partial charge >= 0.3 is 18.5 Å². The first-order chi connectivity index (χ1) is 42.1. The van der Waals surface area contributed by atoms with Crippen LogP contribution in [0.15, 0.2) is 134 Å². The SMILES string of the molecule is C=C(CC=NCC)c1ccc(C2=NSC(c3cc(Cl)cc(Cl)c3)(C(F)(F)F)C2)cc1C.COC(NC(=O)c1ccc(C2=NSC(c3cc(Cl)cc(Cl)c3)(C(F)(F)F)C2)cc1C)OC.Cc1cc(C2=NSC(c3cc(Cl)cc(Cl)c3)(C(F)(F)F)C2)ccc1C(N)=O. The predicted molar refractivity (Wildman–Crippen MR) is 349 cm³/mol. The van der Waals surface area contributed by atoms with Gasteiger partial charge in [0.1, 0.15) is 0 Å². The van der Waals surface area contributed by atoms with Crippen LogP contribution in [0.3, 0.4) is 0 Å². The topological polar surface area (TPSA) is 140 Å². The number of aryl methyl sites for hydroxylation is 3. The smallest absolute Gasteiger partial charge is 0.366 e. The van der Waals surface area contributed by atoms with Crippen molar-refractivity contribution in [2.45, 2.75) is 92.6 Å². The first kappa shape index (κ1) is 72.2. The van der Waals surface area contributed by atoms with Gasteiger partial charge in [0.05, 0.1) is 17.1 Å². The number of benzene rings is 6. The standard InChI is InChI=1S/C23H21Cl2F3N2S.C21H19Cl2F3N2O3S.C18H13Cl2F3N2OS/c1-4-29-8-7-14(2)20-6-5-16(9-15(20)3)21-13-22(31-30-21,23(26,27)28)17-10-18(24)12-19(25)11-17;1-11-6-12(4-5-16(11)18(29)27-19(30-2)31-3)17-10-20(32-28-17,21(24,25)26)13-7-14(22)9-15(23)8-13;1-9-4-10(2-3-14(9)16(24)26)15-8-17(27-25-15,18(21,22)23)11-5-12(19)7-13(20)6-11/h5-6,8-12H,2,4,7,13H2,1,3H3;4-9,19H,10H2,1-3H3,(H,27,29);2-7H,8H2,1H3,(H2,24,26). The van der Waals surface area contributed by atoms with Crippen molar-refractivity contribution in [3.63, 3.8) is 0 Å². The molecule has 6 aromatic rings. The molecule has 28 heteroatoms. The summed E-state index contributed by atoms with van der Waals surface area (Å²) in [4.78, 5) is 28.0. The molecule has 3 atom stereocenters. The molecule has 478 valence electrons. The van der Waals surface area contributed by atoms with E-state index < -0.39 is 57.4 Å². The number of hydrogen-bond donors (Lipinski definition) is 2. The summed E-state index contributed by atoms with van der Waals surface area (Å²) in [5.41, 5.74) is 12.3. The number of hydrogen-bond acceptors (Lipinski definition) is 11. The average molecular weight is 1430 g/mol. The molecular formula is C62H53Cl6F9N6O4S3. The van der Waals surface area contributed by atoms with E-state index in [9.17, 15) is 49.1 Å². The number of nitrogens with one attached hydrogen (secondary N) is 1. The van der Waals surface area contributed by atoms with Crippen LogP contribution in [0.1, 0.15) is 109 Å². The lowest BCUT2D eigenvalue weighted by molar-refractivity contribution is -0.160. The third-order valence-corrected chi connectivity index (χ3v) is 19.5. The molecule has 2 amide bonds. The van der Waals surface area contributed by atoms with E-state index in [1.807, 2.05) is 32.2 Å².